The topological polar surface area (TPSA) is 213 Å². The van der Waals surface area contributed by atoms with Gasteiger partial charge in [-0.05, 0) is 39.5 Å². The van der Waals surface area contributed by atoms with Gasteiger partial charge in [-0.25, -0.2) is 28.8 Å². The van der Waals surface area contributed by atoms with Gasteiger partial charge < -0.3 is 40.2 Å². The Labute approximate surface area is 563 Å². The number of hydrogen-bond donors (Lipinski definition) is 4. The molecule has 0 atom stereocenters. The molecule has 22 heteroatoms. The summed E-state index contributed by atoms with van der Waals surface area (Å²) in [5.74, 6) is 0. The molecule has 4 N–H and O–H groups in total. The maximum atomic E-state index is 13.4. The molecule has 0 aromatic carbocycles. The van der Waals surface area contributed by atoms with Crippen molar-refractivity contribution in [1.29, 1.82) is 0 Å². The van der Waals surface area contributed by atoms with Crippen LogP contribution < -0.4 is 21.3 Å². The Kier molecular flexibility index (Phi) is 85.6. The molecule has 0 aromatic heterocycles. The van der Waals surface area contributed by atoms with Gasteiger partial charge in [-0.1, -0.05) is 292 Å². The van der Waals surface area contributed by atoms with E-state index in [0.29, 0.717) is 12.8 Å². The van der Waals surface area contributed by atoms with Crippen LogP contribution in [0.1, 0.15) is 333 Å². The number of amides is 12. The predicted molar refractivity (Wildman–Crippen MR) is 393 cm³/mol. The Bertz CT molecular complexity index is 1480. The average molecular weight is 1310 g/mol. The average Bonchev–Trinajstić information content (AvgIpc) is 1.54. The fourth-order valence-corrected chi connectivity index (χ4v) is 9.68. The van der Waals surface area contributed by atoms with Gasteiger partial charge in [0.2, 0.25) is 0 Å². The van der Waals surface area contributed by atoms with Gasteiger partial charge in [0.1, 0.15) is 66.2 Å². The van der Waals surface area contributed by atoms with Crippen LogP contribution in [0, 0.1) is 0 Å². The molecule has 556 valence electrons. The second-order valence-corrected chi connectivity index (χ2v) is 18.8. The van der Waals surface area contributed by atoms with Crippen molar-refractivity contribution in [2.24, 2.45) is 0 Å². The fraction of sp³-hybridized carbons (Fsp3) is 0.912. The van der Waals surface area contributed by atoms with Crippen molar-refractivity contribution in [1.82, 2.24) is 60.5 Å². The highest BCUT2D eigenvalue weighted by Gasteiger charge is 2.79. The van der Waals surface area contributed by atoms with Gasteiger partial charge in [0.05, 0.1) is 0 Å². The smallest absolute Gasteiger partial charge is 0.340 e. The lowest BCUT2D eigenvalue weighted by Gasteiger charge is -2.51. The summed E-state index contributed by atoms with van der Waals surface area (Å²) in [6.07, 6.45) is 11.5. The number of carbonyl (C=O) groups is 6. The minimum atomic E-state index is -0.861. The van der Waals surface area contributed by atoms with Crippen molar-refractivity contribution in [3.8, 4) is 0 Å². The van der Waals surface area contributed by atoms with Gasteiger partial charge in [0.25, 0.3) is 0 Å². The highest BCUT2D eigenvalue weighted by atomic mass is 16.5. The molecule has 10 aliphatic rings. The largest absolute Gasteiger partial charge is 1.00 e. The summed E-state index contributed by atoms with van der Waals surface area (Å²) in [4.78, 5) is 87.8. The predicted octanol–water partition coefficient (Wildman–Crippen LogP) is 20.3. The Hall–Kier alpha value is -4.54. The number of rotatable bonds is 6. The number of carbonyl (C=O) groups excluding carboxylic acids is 6. The number of nitrogens with zero attached hydrogens (tertiary/aromatic N) is 8. The molecule has 0 radical (unpaired) electrons. The molecule has 10 fully saturated rings. The molecule has 10 aliphatic heterocycles. The molecule has 0 bridgehead atoms. The summed E-state index contributed by atoms with van der Waals surface area (Å²) < 4.78 is 22.5. The van der Waals surface area contributed by atoms with Gasteiger partial charge >= 0.3 is 37.6 Å². The normalized spacial score (nSPS) is 23.0. The third kappa shape index (κ3) is 26.1. The van der Waals surface area contributed by atoms with Crippen molar-refractivity contribution in [2.75, 3.05) is 53.8 Å². The quantitative estimate of drug-likeness (QED) is 0.185. The van der Waals surface area contributed by atoms with E-state index in [4.69, 9.17) is 18.9 Å². The van der Waals surface area contributed by atoms with Crippen LogP contribution in [0.15, 0.2) is 0 Å². The molecule has 10 rings (SSSR count). The number of hydrogen-bond acceptors (Lipinski definition) is 10. The van der Waals surface area contributed by atoms with Crippen LogP contribution in [-0.4, -0.2) is 164 Å². The van der Waals surface area contributed by atoms with Gasteiger partial charge in [-0.3, -0.25) is 39.2 Å². The number of ether oxygens (including phenoxy) is 4. The summed E-state index contributed by atoms with van der Waals surface area (Å²) >= 11 is 0. The van der Waals surface area contributed by atoms with E-state index >= 15 is 0 Å². The SMILES string of the molecule is C.C.C.C.C.C.C.C.C.C.CC.CC.CC.CC.CC.CC12N3COCN1C(=O)N1COCN(C3=O)C12CCCCCC12N3COCN1C(=O)N1COCN(C3=O)C12C.CCC.CCC.CCC.CCC.CCC.CCC.CCC.O=C1NC2NC(=O)NC2N1.[H+]. The fourth-order valence-electron chi connectivity index (χ4n) is 9.68. The molecule has 0 aliphatic carbocycles. The zero-order valence-electron chi connectivity index (χ0n) is 57.0. The van der Waals surface area contributed by atoms with Gasteiger partial charge in [0.15, 0.2) is 22.7 Å². The maximum Gasteiger partial charge on any atom is 1.00 e. The van der Waals surface area contributed by atoms with Crippen molar-refractivity contribution in [3.63, 3.8) is 0 Å². The van der Waals surface area contributed by atoms with E-state index in [1.807, 2.05) is 83.1 Å². The summed E-state index contributed by atoms with van der Waals surface area (Å²) in [7, 11) is 0. The number of unbranched alkanes of at least 4 members (excludes halogenated alkanes) is 2. The zero-order valence-corrected chi connectivity index (χ0v) is 56.0. The van der Waals surface area contributed by atoms with E-state index in [-0.39, 0.29) is 178 Å². The molecule has 0 unspecified atom stereocenters. The van der Waals surface area contributed by atoms with Crippen LogP contribution in [0.3, 0.4) is 0 Å². The van der Waals surface area contributed by atoms with Crippen LogP contribution >= 0.6 is 0 Å². The monoisotopic (exact) mass is 1310 g/mol. The highest BCUT2D eigenvalue weighted by molar-refractivity contribution is 5.90. The molecule has 12 amide bonds. The minimum absolute atomic E-state index is 0. The molecule has 10 heterocycles. The third-order valence-corrected chi connectivity index (χ3v) is 12.0. The summed E-state index contributed by atoms with van der Waals surface area (Å²) in [6, 6.07) is -1.33. The molecular weight excluding hydrogens is 1140 g/mol. The van der Waals surface area contributed by atoms with E-state index in [1.54, 1.807) is 39.2 Å². The Morgan fingerprint density at radius 1 is 0.311 bits per heavy atom. The Morgan fingerprint density at radius 3 is 0.611 bits per heavy atom. The second kappa shape index (κ2) is 64.6. The lowest BCUT2D eigenvalue weighted by molar-refractivity contribution is -0.197. The summed E-state index contributed by atoms with van der Waals surface area (Å²) in [6.45, 7) is 54.6. The highest BCUT2D eigenvalue weighted by Crippen LogP contribution is 2.58. The summed E-state index contributed by atoms with van der Waals surface area (Å²) in [5, 5.41) is 10.0. The van der Waals surface area contributed by atoms with Crippen LogP contribution in [0.25, 0.3) is 0 Å². The van der Waals surface area contributed by atoms with Gasteiger partial charge in [-0.15, -0.1) is 0 Å². The van der Waals surface area contributed by atoms with Crippen LogP contribution in [0.4, 0.5) is 28.8 Å². The lowest BCUT2D eigenvalue weighted by Crippen LogP contribution is -2.70. The van der Waals surface area contributed by atoms with E-state index in [2.05, 4.69) is 118 Å². The molecule has 22 nitrogen and oxygen atoms in total. The van der Waals surface area contributed by atoms with Gasteiger partial charge in [-0.2, -0.15) is 0 Å². The molecule has 10 saturated heterocycles. The first-order chi connectivity index (χ1) is 38.4. The maximum absolute atomic E-state index is 13.4. The molecule has 0 spiro atoms. The van der Waals surface area contributed by atoms with Crippen LogP contribution in [0.2, 0.25) is 0 Å². The van der Waals surface area contributed by atoms with Crippen molar-refractivity contribution >= 4 is 36.2 Å². The van der Waals surface area contributed by atoms with E-state index in [9.17, 15) is 28.8 Å². The van der Waals surface area contributed by atoms with Gasteiger partial charge in [0, 0.05) is 0 Å². The van der Waals surface area contributed by atoms with E-state index in [1.165, 1.54) is 44.9 Å². The first-order valence-corrected chi connectivity index (χ1v) is 31.2. The third-order valence-electron chi connectivity index (χ3n) is 12.0. The van der Waals surface area contributed by atoms with Crippen molar-refractivity contribution in [3.05, 3.63) is 0 Å². The number of urea groups is 6. The van der Waals surface area contributed by atoms with Crippen LogP contribution in [-0.2, 0) is 18.9 Å². The minimum Gasteiger partial charge on any atom is -0.340 e. The Balaban J connectivity index is -0.0000000722. The van der Waals surface area contributed by atoms with Crippen LogP contribution in [0.5, 0.6) is 0 Å². The lowest BCUT2D eigenvalue weighted by atomic mass is 9.85. The van der Waals surface area contributed by atoms with E-state index < -0.39 is 22.7 Å². The number of fused-ring (bicyclic) bond motifs is 1. The molecule has 0 aromatic rings. The molecule has 0 saturated carbocycles. The van der Waals surface area contributed by atoms with E-state index in [0.717, 1.165) is 19.3 Å². The zero-order chi connectivity index (χ0) is 63.0. The Morgan fingerprint density at radius 2 is 0.456 bits per heavy atom. The summed E-state index contributed by atoms with van der Waals surface area (Å²) in [5.41, 5.74) is -3.43. The molecule has 90 heavy (non-hydrogen) atoms. The standard InChI is InChI=1S/C23H32N8O8.C4H6N4O2.7C3H8.5C2H6.10CH4/c1-20-22(28-12-38-13-29(22)17(33)25(20)9-36-8-24(20)16(28)32)6-4-3-5-7-23-21(2)26-10-37-11-27(21)19(35)31(23)15-39-14-30(23)18(26)34;9-3-5-1-2(7-3)8-4(10)6-1;7*1-3-2;5*1-2;;;;;;;;;;/h3-15H2,1-2H3;1-2H,(H2,5,7,9)(H2,6,8,10);7*3H2,1-2H3;5*1-2H3;10*1H4/p+1. The molecular formula is C68H165N12O10+. The first kappa shape index (κ1) is 119. The van der Waals surface area contributed by atoms with Crippen molar-refractivity contribution in [2.45, 2.75) is 366 Å². The number of nitrogens with one attached hydrogen (secondary N) is 4. The van der Waals surface area contributed by atoms with Crippen molar-refractivity contribution < 1.29 is 49.1 Å². The first-order valence-electron chi connectivity index (χ1n) is 31.2. The second-order valence-electron chi connectivity index (χ2n) is 18.8.